The van der Waals surface area contributed by atoms with E-state index in [-0.39, 0.29) is 24.4 Å². The highest BCUT2D eigenvalue weighted by Crippen LogP contribution is 2.50. The molecule has 0 spiro atoms. The van der Waals surface area contributed by atoms with Crippen molar-refractivity contribution < 1.29 is 20.1 Å². The van der Waals surface area contributed by atoms with E-state index in [1.165, 1.54) is 5.57 Å². The summed E-state index contributed by atoms with van der Waals surface area (Å²) in [5, 5.41) is 29.2. The van der Waals surface area contributed by atoms with Crippen LogP contribution in [0.3, 0.4) is 0 Å². The molecule has 2 aliphatic carbocycles. The molecule has 0 aromatic carbocycles. The molecule has 2 fully saturated rings. The fourth-order valence-corrected chi connectivity index (χ4v) is 4.22. The maximum absolute atomic E-state index is 10.6. The Hall–Kier alpha value is -1.57. The first-order valence-corrected chi connectivity index (χ1v) is 9.28. The Morgan fingerprint density at radius 2 is 2.16 bits per heavy atom. The molecule has 4 nitrogen and oxygen atoms in total. The number of carboxylic acids is 1. The number of hydrogen-bond acceptors (Lipinski definition) is 3. The van der Waals surface area contributed by atoms with Crippen molar-refractivity contribution in [1.29, 1.82) is 0 Å². The van der Waals surface area contributed by atoms with Crippen molar-refractivity contribution in [2.24, 2.45) is 23.7 Å². The van der Waals surface area contributed by atoms with Gasteiger partial charge in [-0.2, -0.15) is 0 Å². The summed E-state index contributed by atoms with van der Waals surface area (Å²) in [7, 11) is 0. The van der Waals surface area contributed by atoms with Crippen LogP contribution in [0.25, 0.3) is 0 Å². The van der Waals surface area contributed by atoms with Crippen molar-refractivity contribution in [3.63, 3.8) is 0 Å². The molecule has 6 atom stereocenters. The number of fused-ring (bicyclic) bond motifs is 1. The molecule has 0 radical (unpaired) electrons. The number of hydrogen-bond donors (Lipinski definition) is 3. The monoisotopic (exact) mass is 346 g/mol. The summed E-state index contributed by atoms with van der Waals surface area (Å²) < 4.78 is 0. The molecule has 0 unspecified atom stereocenters. The molecule has 0 saturated heterocycles. The lowest BCUT2D eigenvalue weighted by Gasteiger charge is -2.18. The van der Waals surface area contributed by atoms with Gasteiger partial charge in [0, 0.05) is 18.3 Å². The van der Waals surface area contributed by atoms with Gasteiger partial charge in [0.15, 0.2) is 0 Å². The van der Waals surface area contributed by atoms with Gasteiger partial charge in [-0.3, -0.25) is 4.79 Å². The van der Waals surface area contributed by atoms with Crippen LogP contribution in [0.1, 0.15) is 52.4 Å². The van der Waals surface area contributed by atoms with E-state index in [0.717, 1.165) is 25.7 Å². The Bertz CT molecular complexity index is 580. The third kappa shape index (κ3) is 5.45. The molecule has 4 heteroatoms. The lowest BCUT2D eigenvalue weighted by molar-refractivity contribution is -0.137. The van der Waals surface area contributed by atoms with Crippen molar-refractivity contribution in [3.05, 3.63) is 23.8 Å². The first-order valence-electron chi connectivity index (χ1n) is 9.28. The number of aliphatic hydroxyl groups is 2. The number of allylic oxidation sites excluding steroid dienone is 2. The van der Waals surface area contributed by atoms with Crippen molar-refractivity contribution in [2.45, 2.75) is 64.6 Å². The van der Waals surface area contributed by atoms with E-state index in [4.69, 9.17) is 5.11 Å². The zero-order valence-electron chi connectivity index (χ0n) is 15.2. The van der Waals surface area contributed by atoms with Crippen LogP contribution in [0.2, 0.25) is 0 Å². The normalized spacial score (nSPS) is 32.4. The molecular formula is C21H30O4. The summed E-state index contributed by atoms with van der Waals surface area (Å²) in [5.41, 5.74) is 1.40. The second kappa shape index (κ2) is 9.22. The van der Waals surface area contributed by atoms with E-state index in [9.17, 15) is 15.0 Å². The van der Waals surface area contributed by atoms with Crippen molar-refractivity contribution in [2.75, 3.05) is 0 Å². The van der Waals surface area contributed by atoms with Crippen LogP contribution >= 0.6 is 0 Å². The fraction of sp³-hybridized carbons (Fsp3) is 0.667. The molecule has 0 heterocycles. The van der Waals surface area contributed by atoms with Gasteiger partial charge in [-0.15, -0.1) is 5.92 Å². The fourth-order valence-electron chi connectivity index (χ4n) is 4.22. The van der Waals surface area contributed by atoms with Crippen LogP contribution in [0.5, 0.6) is 0 Å². The summed E-state index contributed by atoms with van der Waals surface area (Å²) in [6.45, 7) is 3.66. The van der Waals surface area contributed by atoms with Gasteiger partial charge in [-0.05, 0) is 57.8 Å². The first-order chi connectivity index (χ1) is 11.9. The highest BCUT2D eigenvalue weighted by atomic mass is 16.4. The SMILES string of the molecule is CC#C[C@H](C)[C@H](O)/C=C/[C@@H]1[C@H]2C/C(=C/CCCC(=O)O)C[C@H]2C[C@H]1O. The zero-order valence-corrected chi connectivity index (χ0v) is 15.2. The molecule has 0 aromatic rings. The second-order valence-electron chi connectivity index (χ2n) is 7.42. The Labute approximate surface area is 150 Å². The second-order valence-corrected chi connectivity index (χ2v) is 7.42. The van der Waals surface area contributed by atoms with Gasteiger partial charge < -0.3 is 15.3 Å². The van der Waals surface area contributed by atoms with Gasteiger partial charge in [-0.25, -0.2) is 0 Å². The van der Waals surface area contributed by atoms with Crippen molar-refractivity contribution in [3.8, 4) is 11.8 Å². The number of carbonyl (C=O) groups is 1. The molecule has 0 amide bonds. The van der Waals surface area contributed by atoms with Crippen molar-refractivity contribution in [1.82, 2.24) is 0 Å². The molecule has 0 bridgehead atoms. The largest absolute Gasteiger partial charge is 0.481 e. The number of unbranched alkanes of at least 4 members (excludes halogenated alkanes) is 1. The summed E-state index contributed by atoms with van der Waals surface area (Å²) in [6.07, 6.45) is 9.56. The highest BCUT2D eigenvalue weighted by Gasteiger charge is 2.44. The van der Waals surface area contributed by atoms with Gasteiger partial charge in [0.2, 0.25) is 0 Å². The van der Waals surface area contributed by atoms with Gasteiger partial charge in [-0.1, -0.05) is 29.7 Å². The quantitative estimate of drug-likeness (QED) is 0.376. The van der Waals surface area contributed by atoms with Crippen LogP contribution in [-0.4, -0.2) is 33.5 Å². The molecule has 2 aliphatic rings. The third-order valence-corrected chi connectivity index (χ3v) is 5.55. The van der Waals surface area contributed by atoms with E-state index in [2.05, 4.69) is 17.9 Å². The molecule has 2 rings (SSSR count). The Morgan fingerprint density at radius 1 is 1.40 bits per heavy atom. The summed E-state index contributed by atoms with van der Waals surface area (Å²) >= 11 is 0. The van der Waals surface area contributed by atoms with Crippen LogP contribution in [0, 0.1) is 35.5 Å². The predicted molar refractivity (Wildman–Crippen MR) is 97.7 cm³/mol. The van der Waals surface area contributed by atoms with E-state index < -0.39 is 12.1 Å². The van der Waals surface area contributed by atoms with Crippen LogP contribution in [0.4, 0.5) is 0 Å². The number of aliphatic carboxylic acids is 1. The maximum Gasteiger partial charge on any atom is 0.303 e. The Kier molecular flexibility index (Phi) is 7.28. The van der Waals surface area contributed by atoms with Crippen LogP contribution in [0.15, 0.2) is 23.8 Å². The van der Waals surface area contributed by atoms with E-state index in [0.29, 0.717) is 18.3 Å². The zero-order chi connectivity index (χ0) is 18.4. The molecule has 0 aromatic heterocycles. The van der Waals surface area contributed by atoms with Crippen LogP contribution < -0.4 is 0 Å². The topological polar surface area (TPSA) is 77.8 Å². The summed E-state index contributed by atoms with van der Waals surface area (Å²) in [4.78, 5) is 10.6. The lowest BCUT2D eigenvalue weighted by atomic mass is 9.89. The lowest BCUT2D eigenvalue weighted by Crippen LogP contribution is -2.19. The predicted octanol–water partition coefficient (Wildman–Crippen LogP) is 3.15. The van der Waals surface area contributed by atoms with Gasteiger partial charge in [0.25, 0.3) is 0 Å². The highest BCUT2D eigenvalue weighted by molar-refractivity contribution is 5.66. The minimum Gasteiger partial charge on any atom is -0.481 e. The Balaban J connectivity index is 1.92. The molecular weight excluding hydrogens is 316 g/mol. The van der Waals surface area contributed by atoms with Gasteiger partial charge >= 0.3 is 5.97 Å². The van der Waals surface area contributed by atoms with E-state index >= 15 is 0 Å². The minimum atomic E-state index is -0.740. The van der Waals surface area contributed by atoms with Crippen molar-refractivity contribution >= 4 is 5.97 Å². The average Bonchev–Trinajstić information content (AvgIpc) is 3.06. The number of rotatable bonds is 7. The summed E-state index contributed by atoms with van der Waals surface area (Å²) in [5.74, 6) is 5.95. The van der Waals surface area contributed by atoms with Gasteiger partial charge in [0.1, 0.15) is 0 Å². The smallest absolute Gasteiger partial charge is 0.303 e. The van der Waals surface area contributed by atoms with Gasteiger partial charge in [0.05, 0.1) is 12.2 Å². The van der Waals surface area contributed by atoms with E-state index in [1.807, 2.05) is 13.0 Å². The number of aliphatic hydroxyl groups excluding tert-OH is 2. The standard InChI is InChI=1S/C21H30O4/c1-3-6-14(2)19(22)10-9-17-18-12-15(7-4-5-8-21(24)25)11-16(18)13-20(17)23/h7,9-10,14,16-20,22-23H,4-5,8,11-13H2,1-2H3,(H,24,25)/b10-9+,15-7+/t14-,16-,17+,18-,19+,20+/m0/s1. The molecule has 138 valence electrons. The Morgan fingerprint density at radius 3 is 2.84 bits per heavy atom. The molecule has 0 aliphatic heterocycles. The maximum atomic E-state index is 10.6. The molecule has 3 N–H and O–H groups in total. The van der Waals surface area contributed by atoms with Crippen LogP contribution in [-0.2, 0) is 4.79 Å². The molecule has 2 saturated carbocycles. The summed E-state index contributed by atoms with van der Waals surface area (Å²) in [6, 6.07) is 0. The van der Waals surface area contributed by atoms with E-state index in [1.54, 1.807) is 13.0 Å². The third-order valence-electron chi connectivity index (χ3n) is 5.55. The number of carboxylic acid groups (broad SMARTS) is 1. The minimum absolute atomic E-state index is 0.0892. The molecule has 25 heavy (non-hydrogen) atoms. The first kappa shape index (κ1) is 19.8. The average molecular weight is 346 g/mol.